The molecule has 0 unspecified atom stereocenters. The molecule has 6 aromatic rings. The molecule has 11 heteroatoms. The maximum absolute atomic E-state index is 14.7. The molecule has 4 N–H and O–H groups in total. The van der Waals surface area contributed by atoms with Crippen molar-refractivity contribution in [2.75, 3.05) is 37.8 Å². The van der Waals surface area contributed by atoms with Crippen molar-refractivity contribution in [3.8, 4) is 33.9 Å². The fraction of sp³-hybridized carbons (Fsp3) is 0.219. The number of aromatic nitrogens is 6. The van der Waals surface area contributed by atoms with Gasteiger partial charge in [0.15, 0.2) is 5.82 Å². The van der Waals surface area contributed by atoms with Gasteiger partial charge >= 0.3 is 0 Å². The molecule has 43 heavy (non-hydrogen) atoms. The van der Waals surface area contributed by atoms with Gasteiger partial charge in [-0.1, -0.05) is 6.07 Å². The summed E-state index contributed by atoms with van der Waals surface area (Å²) in [5, 5.41) is 14.8. The van der Waals surface area contributed by atoms with Gasteiger partial charge in [0.25, 0.3) is 0 Å². The van der Waals surface area contributed by atoms with E-state index in [-0.39, 0.29) is 17.6 Å². The molecule has 4 aromatic heterocycles. The Morgan fingerprint density at radius 2 is 1.84 bits per heavy atom. The summed E-state index contributed by atoms with van der Waals surface area (Å²) in [6.45, 7) is 1.50. The summed E-state index contributed by atoms with van der Waals surface area (Å²) < 4.78 is 14.7. The minimum atomic E-state index is -0.351. The number of imidazole rings is 1. The molecule has 0 bridgehead atoms. The third-order valence-corrected chi connectivity index (χ3v) is 7.53. The van der Waals surface area contributed by atoms with E-state index in [0.717, 1.165) is 46.9 Å². The molecule has 1 amide bonds. The number of H-pyrrole nitrogens is 2. The second kappa shape index (κ2) is 10.9. The summed E-state index contributed by atoms with van der Waals surface area (Å²) in [5.74, 6) is 0.369. The summed E-state index contributed by atoms with van der Waals surface area (Å²) in [5.41, 5.74) is 7.25. The van der Waals surface area contributed by atoms with E-state index < -0.39 is 0 Å². The van der Waals surface area contributed by atoms with Crippen molar-refractivity contribution in [2.24, 2.45) is 5.92 Å². The molecule has 4 heterocycles. The number of anilines is 2. The maximum atomic E-state index is 14.7. The predicted octanol–water partition coefficient (Wildman–Crippen LogP) is 5.69. The fourth-order valence-electron chi connectivity index (χ4n) is 5.14. The lowest BCUT2D eigenvalue weighted by Crippen LogP contribution is -2.20. The number of nitrogens with one attached hydrogen (secondary N) is 4. The highest BCUT2D eigenvalue weighted by molar-refractivity contribution is 5.98. The van der Waals surface area contributed by atoms with Crippen LogP contribution in [-0.2, 0) is 4.79 Å². The first-order chi connectivity index (χ1) is 20.9. The number of amides is 1. The second-order valence-electron chi connectivity index (χ2n) is 11.2. The van der Waals surface area contributed by atoms with Crippen LogP contribution in [0.4, 0.5) is 15.8 Å². The van der Waals surface area contributed by atoms with Crippen LogP contribution in [0.15, 0.2) is 67.1 Å². The Hall–Kier alpha value is -5.16. The lowest BCUT2D eigenvalue weighted by Gasteiger charge is -2.12. The molecule has 216 valence electrons. The highest BCUT2D eigenvalue weighted by Gasteiger charge is 2.29. The molecule has 1 aliphatic rings. The molecule has 0 atom stereocenters. The Kier molecular flexibility index (Phi) is 6.78. The van der Waals surface area contributed by atoms with Gasteiger partial charge in [0.05, 0.1) is 28.6 Å². The van der Waals surface area contributed by atoms with Crippen LogP contribution < -0.4 is 10.6 Å². The number of hydrogen-bond donors (Lipinski definition) is 4. The van der Waals surface area contributed by atoms with Crippen LogP contribution in [0, 0.1) is 11.7 Å². The molecule has 1 saturated carbocycles. The van der Waals surface area contributed by atoms with Gasteiger partial charge in [0, 0.05) is 53.6 Å². The zero-order valence-corrected chi connectivity index (χ0v) is 23.8. The Morgan fingerprint density at radius 1 is 0.977 bits per heavy atom. The molecule has 0 spiro atoms. The molecular weight excluding hydrogens is 545 g/mol. The van der Waals surface area contributed by atoms with Crippen LogP contribution >= 0.6 is 0 Å². The van der Waals surface area contributed by atoms with Crippen molar-refractivity contribution in [1.29, 1.82) is 0 Å². The molecule has 2 aromatic carbocycles. The Labute approximate surface area is 246 Å². The van der Waals surface area contributed by atoms with Crippen LogP contribution in [0.1, 0.15) is 12.8 Å². The number of benzene rings is 2. The van der Waals surface area contributed by atoms with Crippen LogP contribution in [0.2, 0.25) is 0 Å². The average Bonchev–Trinajstić information content (AvgIpc) is 3.62. The van der Waals surface area contributed by atoms with Crippen molar-refractivity contribution in [3.05, 3.63) is 72.9 Å². The van der Waals surface area contributed by atoms with Crippen LogP contribution in [0.25, 0.3) is 55.8 Å². The van der Waals surface area contributed by atoms with Crippen molar-refractivity contribution < 1.29 is 9.18 Å². The van der Waals surface area contributed by atoms with Crippen molar-refractivity contribution >= 4 is 39.2 Å². The first-order valence-electron chi connectivity index (χ1n) is 14.2. The van der Waals surface area contributed by atoms with Gasteiger partial charge < -0.3 is 20.5 Å². The summed E-state index contributed by atoms with van der Waals surface area (Å²) in [4.78, 5) is 31.5. The summed E-state index contributed by atoms with van der Waals surface area (Å²) in [6, 6.07) is 14.6. The van der Waals surface area contributed by atoms with Gasteiger partial charge in [0.2, 0.25) is 5.91 Å². The van der Waals surface area contributed by atoms with Crippen LogP contribution in [0.3, 0.4) is 0 Å². The number of carbonyl (C=O) groups is 1. The SMILES string of the molecule is CN(C)CCNc1cc(F)cc(-c2nccc3[nH]c(-c4n[nH]c5ccc(-c6cncc(NC(=O)C7CC7)c6)cc45)nc23)c1. The minimum Gasteiger partial charge on any atom is -0.384 e. The number of nitrogens with zero attached hydrogens (tertiary/aromatic N) is 5. The van der Waals surface area contributed by atoms with Gasteiger partial charge in [-0.05, 0) is 75.0 Å². The first kappa shape index (κ1) is 26.7. The van der Waals surface area contributed by atoms with Gasteiger partial charge in [-0.15, -0.1) is 0 Å². The van der Waals surface area contributed by atoms with Crippen LogP contribution in [0.5, 0.6) is 0 Å². The lowest BCUT2D eigenvalue weighted by molar-refractivity contribution is -0.117. The first-order valence-corrected chi connectivity index (χ1v) is 14.2. The Balaban J connectivity index is 1.23. The van der Waals surface area contributed by atoms with E-state index >= 15 is 0 Å². The molecule has 0 saturated heterocycles. The third-order valence-electron chi connectivity index (χ3n) is 7.53. The Bertz CT molecular complexity index is 1980. The smallest absolute Gasteiger partial charge is 0.227 e. The standard InChI is InChI=1S/C32H30FN9O/c1-42(2)10-9-35-23-12-20(11-22(33)15-23)28-30-27(7-8-36-28)38-31(39-30)29-25-14-19(5-6-26(25)40-41-29)21-13-24(17-34-16-21)37-32(43)18-3-4-18/h5-8,11-18,35H,3-4,9-10H2,1-2H3,(H,37,43)(H,38,39)(H,40,41). The molecule has 0 radical (unpaired) electrons. The number of aromatic amines is 2. The van der Waals surface area contributed by atoms with E-state index in [9.17, 15) is 9.18 Å². The largest absolute Gasteiger partial charge is 0.384 e. The highest BCUT2D eigenvalue weighted by Crippen LogP contribution is 2.34. The van der Waals surface area contributed by atoms with E-state index in [2.05, 4.69) is 40.7 Å². The van der Waals surface area contributed by atoms with Crippen molar-refractivity contribution in [3.63, 3.8) is 0 Å². The van der Waals surface area contributed by atoms with E-state index in [4.69, 9.17) is 4.98 Å². The highest BCUT2D eigenvalue weighted by atomic mass is 19.1. The average molecular weight is 576 g/mol. The van der Waals surface area contributed by atoms with Gasteiger partial charge in [-0.2, -0.15) is 5.10 Å². The molecule has 1 fully saturated rings. The van der Waals surface area contributed by atoms with Crippen LogP contribution in [-0.4, -0.2) is 68.1 Å². The molecule has 10 nitrogen and oxygen atoms in total. The zero-order chi connectivity index (χ0) is 29.5. The number of pyridine rings is 2. The molecular formula is C32H30FN9O. The normalized spacial score (nSPS) is 13.2. The topological polar surface area (TPSA) is 128 Å². The third kappa shape index (κ3) is 5.54. The fourth-order valence-corrected chi connectivity index (χ4v) is 5.14. The number of hydrogen-bond acceptors (Lipinski definition) is 7. The summed E-state index contributed by atoms with van der Waals surface area (Å²) in [6.07, 6.45) is 7.00. The maximum Gasteiger partial charge on any atom is 0.227 e. The summed E-state index contributed by atoms with van der Waals surface area (Å²) in [7, 11) is 3.99. The molecule has 1 aliphatic carbocycles. The van der Waals surface area contributed by atoms with E-state index in [1.54, 1.807) is 18.6 Å². The number of halogens is 1. The van der Waals surface area contributed by atoms with E-state index in [1.807, 2.05) is 50.5 Å². The van der Waals surface area contributed by atoms with Gasteiger partial charge in [0.1, 0.15) is 17.0 Å². The number of fused-ring (bicyclic) bond motifs is 2. The van der Waals surface area contributed by atoms with Gasteiger partial charge in [-0.3, -0.25) is 19.9 Å². The zero-order valence-electron chi connectivity index (χ0n) is 23.8. The minimum absolute atomic E-state index is 0.0420. The lowest BCUT2D eigenvalue weighted by atomic mass is 10.0. The number of carbonyl (C=O) groups excluding carboxylic acids is 1. The molecule has 7 rings (SSSR count). The predicted molar refractivity (Wildman–Crippen MR) is 166 cm³/mol. The number of likely N-dealkylation sites (N-methyl/N-ethyl adjacent to an activating group) is 1. The van der Waals surface area contributed by atoms with Gasteiger partial charge in [-0.25, -0.2) is 9.37 Å². The van der Waals surface area contributed by atoms with Crippen molar-refractivity contribution in [2.45, 2.75) is 12.8 Å². The molecule has 0 aliphatic heterocycles. The van der Waals surface area contributed by atoms with Crippen molar-refractivity contribution in [1.82, 2.24) is 35.0 Å². The number of rotatable bonds is 9. The Morgan fingerprint density at radius 3 is 2.67 bits per heavy atom. The summed E-state index contributed by atoms with van der Waals surface area (Å²) >= 11 is 0. The quantitative estimate of drug-likeness (QED) is 0.174. The second-order valence-corrected chi connectivity index (χ2v) is 11.2. The van der Waals surface area contributed by atoms with E-state index in [1.165, 1.54) is 12.1 Å². The van der Waals surface area contributed by atoms with E-state index in [0.29, 0.717) is 46.2 Å². The monoisotopic (exact) mass is 575 g/mol.